The number of aryl methyl sites for hydroxylation is 1. The first-order chi connectivity index (χ1) is 11.0. The number of hydrogen-bond acceptors (Lipinski definition) is 6. The van der Waals surface area contributed by atoms with Gasteiger partial charge in [-0.2, -0.15) is 0 Å². The third kappa shape index (κ3) is 4.23. The fourth-order valence-corrected chi connectivity index (χ4v) is 2.74. The number of hydrogen-bond donors (Lipinski definition) is 1. The van der Waals surface area contributed by atoms with Gasteiger partial charge in [-0.1, -0.05) is 12.1 Å². The summed E-state index contributed by atoms with van der Waals surface area (Å²) in [5.74, 6) is 0.840. The summed E-state index contributed by atoms with van der Waals surface area (Å²) in [6.45, 7) is 0. The molecule has 2 aromatic heterocycles. The molecule has 3 aromatic rings. The highest BCUT2D eigenvalue weighted by atomic mass is 32.2. The van der Waals surface area contributed by atoms with E-state index in [-0.39, 0.29) is 5.75 Å². The van der Waals surface area contributed by atoms with Crippen molar-refractivity contribution in [3.63, 3.8) is 0 Å². The summed E-state index contributed by atoms with van der Waals surface area (Å²) < 4.78 is 22.4. The third-order valence-corrected chi connectivity index (χ3v) is 4.27. The number of benzene rings is 1. The Morgan fingerprint density at radius 3 is 2.48 bits per heavy atom. The summed E-state index contributed by atoms with van der Waals surface area (Å²) in [5, 5.41) is 3.20. The van der Waals surface area contributed by atoms with E-state index in [4.69, 9.17) is 0 Å². The van der Waals surface area contributed by atoms with Gasteiger partial charge < -0.3 is 5.32 Å². The van der Waals surface area contributed by atoms with Crippen molar-refractivity contribution in [3.8, 4) is 0 Å². The molecule has 0 fully saturated rings. The Morgan fingerprint density at radius 2 is 1.74 bits per heavy atom. The fourth-order valence-electron chi connectivity index (χ4n) is 2.13. The lowest BCUT2D eigenvalue weighted by Crippen LogP contribution is -2.05. The van der Waals surface area contributed by atoms with E-state index < -0.39 is 9.84 Å². The number of aromatic nitrogens is 3. The molecule has 3 rings (SSSR count). The topological polar surface area (TPSA) is 84.8 Å². The van der Waals surface area contributed by atoms with E-state index >= 15 is 0 Å². The Labute approximate surface area is 134 Å². The summed E-state index contributed by atoms with van der Waals surface area (Å²) in [5.41, 5.74) is 3.19. The molecule has 0 unspecified atom stereocenters. The van der Waals surface area contributed by atoms with Gasteiger partial charge in [0, 0.05) is 24.3 Å². The Bertz CT molecular complexity index is 924. The second-order valence-corrected chi connectivity index (χ2v) is 7.56. The van der Waals surface area contributed by atoms with E-state index in [0.717, 1.165) is 16.8 Å². The molecule has 1 aromatic carbocycles. The van der Waals surface area contributed by atoms with Crippen LogP contribution in [0.4, 0.5) is 11.5 Å². The Morgan fingerprint density at radius 1 is 1.00 bits per heavy atom. The predicted molar refractivity (Wildman–Crippen MR) is 90.5 cm³/mol. The average Bonchev–Trinajstić information content (AvgIpc) is 2.53. The molecule has 0 aliphatic carbocycles. The molecular weight excluding hydrogens is 312 g/mol. The van der Waals surface area contributed by atoms with Crippen LogP contribution in [0.5, 0.6) is 0 Å². The zero-order chi connectivity index (χ0) is 16.3. The quantitative estimate of drug-likeness (QED) is 0.774. The number of anilines is 2. The van der Waals surface area contributed by atoms with Crippen LogP contribution in [0.15, 0.2) is 48.8 Å². The number of sulfone groups is 1. The minimum absolute atomic E-state index is 0.157. The highest BCUT2D eigenvalue weighted by Crippen LogP contribution is 2.17. The average molecular weight is 328 g/mol. The maximum Gasteiger partial charge on any atom is 0.180 e. The number of pyridine rings is 1. The van der Waals surface area contributed by atoms with Gasteiger partial charge in [0.25, 0.3) is 0 Å². The largest absolute Gasteiger partial charge is 0.340 e. The normalized spacial score (nSPS) is 11.5. The predicted octanol–water partition coefficient (Wildman–Crippen LogP) is 2.36. The van der Waals surface area contributed by atoms with Gasteiger partial charge in [0.2, 0.25) is 0 Å². The van der Waals surface area contributed by atoms with Crippen LogP contribution in [-0.2, 0) is 16.3 Å². The van der Waals surface area contributed by atoms with Crippen LogP contribution >= 0.6 is 0 Å². The van der Waals surface area contributed by atoms with Crippen molar-refractivity contribution < 1.29 is 8.42 Å². The monoisotopic (exact) mass is 328 g/mol. The highest BCUT2D eigenvalue weighted by Gasteiger charge is 2.04. The lowest BCUT2D eigenvalue weighted by Gasteiger charge is -2.07. The number of nitrogens with zero attached hydrogens (tertiary/aromatic N) is 3. The molecule has 0 aliphatic rings. The van der Waals surface area contributed by atoms with E-state index in [1.165, 1.54) is 6.26 Å². The van der Waals surface area contributed by atoms with Gasteiger partial charge in [0.05, 0.1) is 5.75 Å². The molecule has 0 amide bonds. The van der Waals surface area contributed by atoms with Crippen molar-refractivity contribution >= 4 is 32.5 Å². The standard InChI is InChI=1S/C16H16N4O2S/c1-23(21,22)11-8-12-2-4-13(5-3-12)19-15-7-6-14-16(20-15)18-10-9-17-14/h2-7,9-10H,8,11H2,1H3,(H,18,19,20). The van der Waals surface area contributed by atoms with Crippen molar-refractivity contribution in [1.82, 2.24) is 15.0 Å². The molecule has 0 spiro atoms. The van der Waals surface area contributed by atoms with Crippen LogP contribution in [0.2, 0.25) is 0 Å². The second kappa shape index (κ2) is 6.29. The Balaban J connectivity index is 1.71. The summed E-state index contributed by atoms with van der Waals surface area (Å²) in [6.07, 6.45) is 5.00. The lowest BCUT2D eigenvalue weighted by atomic mass is 10.1. The molecule has 7 heteroatoms. The molecule has 118 valence electrons. The van der Waals surface area contributed by atoms with Gasteiger partial charge >= 0.3 is 0 Å². The highest BCUT2D eigenvalue weighted by molar-refractivity contribution is 7.90. The smallest absolute Gasteiger partial charge is 0.180 e. The molecule has 0 bridgehead atoms. The van der Waals surface area contributed by atoms with Crippen LogP contribution in [0.25, 0.3) is 11.2 Å². The van der Waals surface area contributed by atoms with Crippen LogP contribution in [-0.4, -0.2) is 35.4 Å². The molecule has 23 heavy (non-hydrogen) atoms. The molecule has 0 radical (unpaired) electrons. The second-order valence-electron chi connectivity index (χ2n) is 5.30. The Kier molecular flexibility index (Phi) is 4.20. The fraction of sp³-hybridized carbons (Fsp3) is 0.188. The van der Waals surface area contributed by atoms with Gasteiger partial charge in [-0.25, -0.2) is 18.4 Å². The molecule has 0 saturated heterocycles. The van der Waals surface area contributed by atoms with Crippen LogP contribution < -0.4 is 5.32 Å². The SMILES string of the molecule is CS(=O)(=O)CCc1ccc(Nc2ccc3nccnc3n2)cc1. The van der Waals surface area contributed by atoms with Crippen molar-refractivity contribution in [3.05, 3.63) is 54.4 Å². The maximum absolute atomic E-state index is 11.2. The van der Waals surface area contributed by atoms with E-state index in [2.05, 4.69) is 20.3 Å². The van der Waals surface area contributed by atoms with Crippen molar-refractivity contribution in [2.24, 2.45) is 0 Å². The lowest BCUT2D eigenvalue weighted by molar-refractivity contribution is 0.601. The summed E-state index contributed by atoms with van der Waals surface area (Å²) in [7, 11) is -2.94. The van der Waals surface area contributed by atoms with Gasteiger partial charge in [-0.15, -0.1) is 0 Å². The number of rotatable bonds is 5. The molecule has 1 N–H and O–H groups in total. The van der Waals surface area contributed by atoms with Gasteiger partial charge in [-0.3, -0.25) is 4.98 Å². The van der Waals surface area contributed by atoms with Gasteiger partial charge in [0.1, 0.15) is 21.2 Å². The van der Waals surface area contributed by atoms with E-state index in [1.807, 2.05) is 36.4 Å². The minimum Gasteiger partial charge on any atom is -0.340 e. The molecule has 0 saturated carbocycles. The number of nitrogens with one attached hydrogen (secondary N) is 1. The van der Waals surface area contributed by atoms with Crippen molar-refractivity contribution in [2.75, 3.05) is 17.3 Å². The van der Waals surface area contributed by atoms with E-state index in [9.17, 15) is 8.42 Å². The summed E-state index contributed by atoms with van der Waals surface area (Å²) >= 11 is 0. The third-order valence-electron chi connectivity index (χ3n) is 3.32. The van der Waals surface area contributed by atoms with Crippen LogP contribution in [0, 0.1) is 0 Å². The first-order valence-electron chi connectivity index (χ1n) is 7.11. The zero-order valence-electron chi connectivity index (χ0n) is 12.6. The molecule has 2 heterocycles. The zero-order valence-corrected chi connectivity index (χ0v) is 13.4. The first kappa shape index (κ1) is 15.4. The van der Waals surface area contributed by atoms with E-state index in [1.54, 1.807) is 12.4 Å². The first-order valence-corrected chi connectivity index (χ1v) is 9.17. The summed E-state index contributed by atoms with van der Waals surface area (Å²) in [6, 6.07) is 11.3. The Hall–Kier alpha value is -2.54. The van der Waals surface area contributed by atoms with Crippen LogP contribution in [0.1, 0.15) is 5.56 Å². The van der Waals surface area contributed by atoms with Crippen molar-refractivity contribution in [2.45, 2.75) is 6.42 Å². The van der Waals surface area contributed by atoms with Gasteiger partial charge in [-0.05, 0) is 36.2 Å². The maximum atomic E-state index is 11.2. The van der Waals surface area contributed by atoms with Crippen LogP contribution in [0.3, 0.4) is 0 Å². The van der Waals surface area contributed by atoms with Gasteiger partial charge in [0.15, 0.2) is 5.65 Å². The molecular formula is C16H16N4O2S. The molecule has 0 atom stereocenters. The molecule has 0 aliphatic heterocycles. The molecule has 6 nitrogen and oxygen atoms in total. The van der Waals surface area contributed by atoms with Crippen molar-refractivity contribution in [1.29, 1.82) is 0 Å². The number of fused-ring (bicyclic) bond motifs is 1. The summed E-state index contributed by atoms with van der Waals surface area (Å²) in [4.78, 5) is 12.8. The minimum atomic E-state index is -2.94. The van der Waals surface area contributed by atoms with E-state index in [0.29, 0.717) is 17.9 Å².